The fourth-order valence-electron chi connectivity index (χ4n) is 2.96. The Labute approximate surface area is 124 Å². The maximum absolute atomic E-state index is 12.1. The number of carbonyl (C=O) groups is 1. The van der Waals surface area contributed by atoms with Gasteiger partial charge in [-0.2, -0.15) is 0 Å². The van der Waals surface area contributed by atoms with Crippen molar-refractivity contribution in [2.24, 2.45) is 0 Å². The highest BCUT2D eigenvalue weighted by Gasteiger charge is 2.60. The van der Waals surface area contributed by atoms with E-state index in [2.05, 4.69) is 4.72 Å². The Kier molecular flexibility index (Phi) is 3.63. The standard InChI is InChI=1S/C15H19NO4S/c1-11-4-6-12(7-5-11)21(18,19)16-10-9-15-8-2-3-13(17)14(15)20-15/h4-7,14,16H,2-3,8-10H2,1H3. The van der Waals surface area contributed by atoms with Gasteiger partial charge in [0.25, 0.3) is 0 Å². The first-order chi connectivity index (χ1) is 9.93. The van der Waals surface area contributed by atoms with Gasteiger partial charge in [-0.05, 0) is 38.3 Å². The lowest BCUT2D eigenvalue weighted by Crippen LogP contribution is -2.32. The molecule has 1 aliphatic carbocycles. The van der Waals surface area contributed by atoms with Gasteiger partial charge in [0.05, 0.1) is 4.90 Å². The van der Waals surface area contributed by atoms with Crippen molar-refractivity contribution in [2.45, 2.75) is 49.2 Å². The molecule has 1 heterocycles. The minimum absolute atomic E-state index is 0.155. The number of sulfonamides is 1. The highest BCUT2D eigenvalue weighted by Crippen LogP contribution is 2.48. The van der Waals surface area contributed by atoms with Crippen molar-refractivity contribution >= 4 is 15.8 Å². The number of aryl methyl sites for hydroxylation is 1. The normalized spacial score (nSPS) is 28.2. The van der Waals surface area contributed by atoms with Crippen molar-refractivity contribution in [1.82, 2.24) is 4.72 Å². The first kappa shape index (κ1) is 14.7. The number of carbonyl (C=O) groups excluding carboxylic acids is 1. The van der Waals surface area contributed by atoms with Crippen LogP contribution >= 0.6 is 0 Å². The van der Waals surface area contributed by atoms with E-state index in [9.17, 15) is 13.2 Å². The van der Waals surface area contributed by atoms with E-state index in [4.69, 9.17) is 4.74 Å². The van der Waals surface area contributed by atoms with Crippen LogP contribution in [0, 0.1) is 6.92 Å². The third-order valence-electron chi connectivity index (χ3n) is 4.26. The van der Waals surface area contributed by atoms with Gasteiger partial charge in [-0.1, -0.05) is 17.7 Å². The first-order valence-corrected chi connectivity index (χ1v) is 8.68. The van der Waals surface area contributed by atoms with Crippen molar-refractivity contribution in [3.05, 3.63) is 29.8 Å². The van der Waals surface area contributed by atoms with Gasteiger partial charge in [0.2, 0.25) is 10.0 Å². The number of hydrogen-bond acceptors (Lipinski definition) is 4. The molecule has 0 aromatic heterocycles. The highest BCUT2D eigenvalue weighted by atomic mass is 32.2. The van der Waals surface area contributed by atoms with Crippen molar-refractivity contribution in [1.29, 1.82) is 0 Å². The Hall–Kier alpha value is -1.24. The molecule has 1 aliphatic heterocycles. The molecule has 1 saturated heterocycles. The van der Waals surface area contributed by atoms with Crippen LogP contribution in [0.4, 0.5) is 0 Å². The molecular formula is C15H19NO4S. The summed E-state index contributed by atoms with van der Waals surface area (Å²) in [5.41, 5.74) is 0.619. The number of nitrogens with one attached hydrogen (secondary N) is 1. The first-order valence-electron chi connectivity index (χ1n) is 7.20. The molecule has 1 aromatic rings. The second-order valence-electron chi connectivity index (χ2n) is 5.84. The molecule has 2 unspecified atom stereocenters. The molecule has 2 fully saturated rings. The molecule has 114 valence electrons. The summed E-state index contributed by atoms with van der Waals surface area (Å²) in [6.45, 7) is 2.20. The van der Waals surface area contributed by atoms with Crippen LogP contribution in [0.2, 0.25) is 0 Å². The van der Waals surface area contributed by atoms with Gasteiger partial charge in [0.15, 0.2) is 5.78 Å². The second kappa shape index (κ2) is 5.19. The van der Waals surface area contributed by atoms with Gasteiger partial charge in [-0.3, -0.25) is 4.79 Å². The van der Waals surface area contributed by atoms with E-state index < -0.39 is 15.6 Å². The van der Waals surface area contributed by atoms with E-state index >= 15 is 0 Å². The van der Waals surface area contributed by atoms with Crippen molar-refractivity contribution in [2.75, 3.05) is 6.54 Å². The predicted molar refractivity (Wildman–Crippen MR) is 77.4 cm³/mol. The van der Waals surface area contributed by atoms with E-state index in [0.717, 1.165) is 18.4 Å². The van der Waals surface area contributed by atoms with Crippen LogP contribution in [-0.4, -0.2) is 32.5 Å². The van der Waals surface area contributed by atoms with Crippen molar-refractivity contribution < 1.29 is 17.9 Å². The summed E-state index contributed by atoms with van der Waals surface area (Å²) in [6, 6.07) is 6.73. The zero-order chi connectivity index (χ0) is 15.1. The lowest BCUT2D eigenvalue weighted by Gasteiger charge is -2.16. The molecule has 0 bridgehead atoms. The van der Waals surface area contributed by atoms with Gasteiger partial charge >= 0.3 is 0 Å². The minimum Gasteiger partial charge on any atom is -0.358 e. The zero-order valence-electron chi connectivity index (χ0n) is 12.0. The molecule has 5 nitrogen and oxygen atoms in total. The number of ether oxygens (including phenoxy) is 1. The Morgan fingerprint density at radius 1 is 1.33 bits per heavy atom. The van der Waals surface area contributed by atoms with E-state index in [-0.39, 0.29) is 16.8 Å². The topological polar surface area (TPSA) is 75.8 Å². The average Bonchev–Trinajstić information content (AvgIpc) is 3.15. The van der Waals surface area contributed by atoms with Crippen LogP contribution in [0.15, 0.2) is 29.2 Å². The largest absolute Gasteiger partial charge is 0.358 e. The average molecular weight is 309 g/mol. The van der Waals surface area contributed by atoms with Crippen LogP contribution in [0.25, 0.3) is 0 Å². The number of epoxide rings is 1. The van der Waals surface area contributed by atoms with E-state index in [1.807, 2.05) is 6.92 Å². The SMILES string of the molecule is Cc1ccc(S(=O)(=O)NCCC23CCCC(=O)C2O3)cc1. The van der Waals surface area contributed by atoms with Crippen LogP contribution in [0.1, 0.15) is 31.2 Å². The Morgan fingerprint density at radius 3 is 2.76 bits per heavy atom. The fraction of sp³-hybridized carbons (Fsp3) is 0.533. The molecule has 1 saturated carbocycles. The third kappa shape index (κ3) is 2.88. The maximum atomic E-state index is 12.1. The summed E-state index contributed by atoms with van der Waals surface area (Å²) < 4.78 is 32.4. The smallest absolute Gasteiger partial charge is 0.240 e. The maximum Gasteiger partial charge on any atom is 0.240 e. The number of ketones is 1. The molecule has 0 spiro atoms. The number of benzene rings is 1. The van der Waals surface area contributed by atoms with Crippen molar-refractivity contribution in [3.63, 3.8) is 0 Å². The van der Waals surface area contributed by atoms with Gasteiger partial charge in [-0.15, -0.1) is 0 Å². The molecule has 2 atom stereocenters. The van der Waals surface area contributed by atoms with Gasteiger partial charge in [0.1, 0.15) is 11.7 Å². The predicted octanol–water partition coefficient (Wildman–Crippen LogP) is 1.55. The fourth-order valence-corrected chi connectivity index (χ4v) is 3.99. The highest BCUT2D eigenvalue weighted by molar-refractivity contribution is 7.89. The molecule has 0 amide bonds. The molecule has 2 aliphatic rings. The molecule has 0 radical (unpaired) electrons. The molecule has 6 heteroatoms. The van der Waals surface area contributed by atoms with E-state index in [0.29, 0.717) is 19.4 Å². The number of hydrogen-bond donors (Lipinski definition) is 1. The van der Waals surface area contributed by atoms with Crippen molar-refractivity contribution in [3.8, 4) is 0 Å². The number of Topliss-reactive ketones (excluding diaryl/α,β-unsaturated/α-hetero) is 1. The second-order valence-corrected chi connectivity index (χ2v) is 7.61. The Morgan fingerprint density at radius 2 is 2.05 bits per heavy atom. The van der Waals surface area contributed by atoms with Crippen LogP contribution in [0.5, 0.6) is 0 Å². The molecular weight excluding hydrogens is 290 g/mol. The number of rotatable bonds is 5. The quantitative estimate of drug-likeness (QED) is 0.837. The summed E-state index contributed by atoms with van der Waals surface area (Å²) >= 11 is 0. The zero-order valence-corrected chi connectivity index (χ0v) is 12.8. The number of fused-ring (bicyclic) bond motifs is 1. The third-order valence-corrected chi connectivity index (χ3v) is 5.74. The lowest BCUT2D eigenvalue weighted by atomic mass is 9.86. The lowest BCUT2D eigenvalue weighted by molar-refractivity contribution is -0.120. The van der Waals surface area contributed by atoms with E-state index in [1.54, 1.807) is 24.3 Å². The summed E-state index contributed by atoms with van der Waals surface area (Å²) in [7, 11) is -3.49. The van der Waals surface area contributed by atoms with E-state index in [1.165, 1.54) is 0 Å². The Bertz CT molecular complexity index is 653. The summed E-state index contributed by atoms with van der Waals surface area (Å²) in [4.78, 5) is 11.9. The summed E-state index contributed by atoms with van der Waals surface area (Å²) in [5.74, 6) is 0.155. The minimum atomic E-state index is -3.49. The molecule has 1 N–H and O–H groups in total. The van der Waals surface area contributed by atoms with Crippen LogP contribution in [-0.2, 0) is 19.6 Å². The monoisotopic (exact) mass is 309 g/mol. The molecule has 3 rings (SSSR count). The molecule has 1 aromatic carbocycles. The van der Waals surface area contributed by atoms with Gasteiger partial charge < -0.3 is 4.74 Å². The Balaban J connectivity index is 1.58. The van der Waals surface area contributed by atoms with Gasteiger partial charge in [0, 0.05) is 13.0 Å². The van der Waals surface area contributed by atoms with Crippen LogP contribution < -0.4 is 4.72 Å². The van der Waals surface area contributed by atoms with Gasteiger partial charge in [-0.25, -0.2) is 13.1 Å². The molecule has 21 heavy (non-hydrogen) atoms. The summed E-state index contributed by atoms with van der Waals surface area (Å²) in [5, 5.41) is 0. The van der Waals surface area contributed by atoms with Crippen LogP contribution in [0.3, 0.4) is 0 Å². The summed E-state index contributed by atoms with van der Waals surface area (Å²) in [6.07, 6.45) is 2.52.